The van der Waals surface area contributed by atoms with Crippen LogP contribution in [0.4, 0.5) is 4.79 Å². The van der Waals surface area contributed by atoms with E-state index in [4.69, 9.17) is 16.3 Å². The van der Waals surface area contributed by atoms with Crippen LogP contribution < -0.4 is 0 Å². The Morgan fingerprint density at radius 2 is 1.65 bits per heavy atom. The summed E-state index contributed by atoms with van der Waals surface area (Å²) in [7, 11) is -4.24. The van der Waals surface area contributed by atoms with Crippen LogP contribution in [-0.4, -0.2) is 66.6 Å². The number of hydrogen-bond donors (Lipinski definition) is 1. The molecular formula is C27H25ClN2O6S. The minimum atomic E-state index is -4.24. The molecule has 1 aliphatic heterocycles. The van der Waals surface area contributed by atoms with Gasteiger partial charge in [0.25, 0.3) is 0 Å². The van der Waals surface area contributed by atoms with E-state index in [-0.39, 0.29) is 31.0 Å². The van der Waals surface area contributed by atoms with Crippen LogP contribution in [0.3, 0.4) is 0 Å². The number of carbonyl (C=O) groups is 2. The summed E-state index contributed by atoms with van der Waals surface area (Å²) in [5.41, 5.74) is 0.761. The summed E-state index contributed by atoms with van der Waals surface area (Å²) in [5.74, 6) is -1.73. The Bertz CT molecular complexity index is 1410. The number of amides is 1. The summed E-state index contributed by atoms with van der Waals surface area (Å²) in [5, 5.41) is 10.9. The van der Waals surface area contributed by atoms with Crippen molar-refractivity contribution >= 4 is 33.7 Å². The van der Waals surface area contributed by atoms with Crippen LogP contribution >= 0.6 is 11.6 Å². The van der Waals surface area contributed by atoms with Crippen LogP contribution in [-0.2, 0) is 19.6 Å². The lowest BCUT2D eigenvalue weighted by Gasteiger charge is -2.30. The lowest BCUT2D eigenvalue weighted by Crippen LogP contribution is -2.51. The van der Waals surface area contributed by atoms with Gasteiger partial charge < -0.3 is 14.7 Å². The first-order chi connectivity index (χ1) is 17.7. The number of halogens is 1. The fraction of sp³-hybridized carbons (Fsp3) is 0.259. The molecule has 3 aromatic rings. The van der Waals surface area contributed by atoms with Gasteiger partial charge in [-0.15, -0.1) is 0 Å². The maximum Gasteiger partial charge on any atom is 0.409 e. The molecule has 10 heteroatoms. The first kappa shape index (κ1) is 25.3. The summed E-state index contributed by atoms with van der Waals surface area (Å²) < 4.78 is 34.0. The lowest BCUT2D eigenvalue weighted by molar-refractivity contribution is -0.143. The van der Waals surface area contributed by atoms with Crippen LogP contribution in [0.5, 0.6) is 0 Å². The van der Waals surface area contributed by atoms with Gasteiger partial charge in [-0.1, -0.05) is 66.2 Å². The van der Waals surface area contributed by atoms with Gasteiger partial charge in [0.2, 0.25) is 10.0 Å². The van der Waals surface area contributed by atoms with Crippen molar-refractivity contribution in [2.75, 3.05) is 26.2 Å². The number of hydrogen-bond acceptors (Lipinski definition) is 5. The molecule has 2 fully saturated rings. The molecule has 0 radical (unpaired) electrons. The van der Waals surface area contributed by atoms with Crippen LogP contribution in [0.2, 0.25) is 5.02 Å². The van der Waals surface area contributed by atoms with Crippen molar-refractivity contribution < 1.29 is 27.9 Å². The zero-order valence-electron chi connectivity index (χ0n) is 19.8. The van der Waals surface area contributed by atoms with Crippen LogP contribution in [0.25, 0.3) is 11.1 Å². The highest BCUT2D eigenvalue weighted by molar-refractivity contribution is 7.89. The highest BCUT2D eigenvalue weighted by atomic mass is 35.5. The molecule has 0 bridgehead atoms. The van der Waals surface area contributed by atoms with E-state index in [1.165, 1.54) is 17.0 Å². The van der Waals surface area contributed by atoms with E-state index < -0.39 is 33.5 Å². The van der Waals surface area contributed by atoms with Crippen molar-refractivity contribution in [2.24, 2.45) is 0 Å². The van der Waals surface area contributed by atoms with Crippen molar-refractivity contribution in [3.8, 4) is 11.1 Å². The first-order valence-electron chi connectivity index (χ1n) is 11.8. The maximum atomic E-state index is 14.0. The number of carbonyl (C=O) groups excluding carboxylic acids is 1. The van der Waals surface area contributed by atoms with E-state index in [0.29, 0.717) is 11.6 Å². The highest BCUT2D eigenvalue weighted by Crippen LogP contribution is 2.57. The van der Waals surface area contributed by atoms with Gasteiger partial charge in [0.05, 0.1) is 11.4 Å². The van der Waals surface area contributed by atoms with Gasteiger partial charge >= 0.3 is 12.1 Å². The fourth-order valence-corrected chi connectivity index (χ4v) is 6.80. The number of carboxylic acid groups (broad SMARTS) is 1. The molecule has 1 saturated carbocycles. The topological polar surface area (TPSA) is 104 Å². The van der Waals surface area contributed by atoms with Crippen molar-refractivity contribution in [1.29, 1.82) is 0 Å². The Labute approximate surface area is 220 Å². The van der Waals surface area contributed by atoms with Crippen molar-refractivity contribution in [3.63, 3.8) is 0 Å². The van der Waals surface area contributed by atoms with E-state index in [9.17, 15) is 23.1 Å². The predicted octanol–water partition coefficient (Wildman–Crippen LogP) is 4.46. The van der Waals surface area contributed by atoms with E-state index >= 15 is 0 Å². The van der Waals surface area contributed by atoms with E-state index in [0.717, 1.165) is 21.0 Å². The fourth-order valence-electron chi connectivity index (χ4n) is 4.91. The molecule has 0 unspecified atom stereocenters. The number of carboxylic acids is 1. The number of cyclic esters (lactones) is 1. The predicted molar refractivity (Wildman–Crippen MR) is 138 cm³/mol. The number of ether oxygens (including phenoxy) is 1. The Balaban J connectivity index is 1.50. The molecule has 1 heterocycles. The standard InChI is InChI=1S/C27H25ClN2O6S/c28-22-10-6-19(7-11-22)20-8-12-23(13-9-20)37(34,35)30(15-14-29-16-17-36-26(29)33)27(25(31)32)18-24(27)21-4-2-1-3-5-21/h1-13,24H,14-18H2,(H,31,32)/t24-,27+/m0/s1. The molecule has 2 aliphatic rings. The Morgan fingerprint density at radius 3 is 2.22 bits per heavy atom. The van der Waals surface area contributed by atoms with Gasteiger partial charge in [-0.25, -0.2) is 13.2 Å². The number of benzene rings is 3. The Hall–Kier alpha value is -3.40. The largest absolute Gasteiger partial charge is 0.480 e. The van der Waals surface area contributed by atoms with Crippen molar-refractivity contribution in [3.05, 3.63) is 89.4 Å². The lowest BCUT2D eigenvalue weighted by atomic mass is 10.1. The van der Waals surface area contributed by atoms with Gasteiger partial charge in [-0.3, -0.25) is 4.79 Å². The second-order valence-corrected chi connectivity index (χ2v) is 11.4. The summed E-state index contributed by atoms with van der Waals surface area (Å²) in [6.45, 7) is 0.391. The summed E-state index contributed by atoms with van der Waals surface area (Å²) >= 11 is 5.97. The molecule has 3 aromatic carbocycles. The molecule has 1 N–H and O–H groups in total. The number of aliphatic carboxylic acids is 1. The smallest absolute Gasteiger partial charge is 0.409 e. The minimum absolute atomic E-state index is 0.0199. The minimum Gasteiger partial charge on any atom is -0.480 e. The zero-order valence-corrected chi connectivity index (χ0v) is 21.4. The number of rotatable bonds is 9. The molecule has 8 nitrogen and oxygen atoms in total. The maximum absolute atomic E-state index is 14.0. The summed E-state index contributed by atoms with van der Waals surface area (Å²) in [4.78, 5) is 26.1. The monoisotopic (exact) mass is 540 g/mol. The molecule has 0 spiro atoms. The average Bonchev–Trinajstić information content (AvgIpc) is 3.53. The normalized spacial score (nSPS) is 21.2. The summed E-state index contributed by atoms with van der Waals surface area (Å²) in [6.07, 6.45) is -0.400. The molecule has 37 heavy (non-hydrogen) atoms. The third kappa shape index (κ3) is 4.70. The van der Waals surface area contributed by atoms with Gasteiger partial charge in [-0.05, 0) is 47.4 Å². The van der Waals surface area contributed by atoms with Crippen LogP contribution in [0.1, 0.15) is 17.9 Å². The molecule has 2 atom stereocenters. The van der Waals surface area contributed by atoms with E-state index in [1.807, 2.05) is 18.2 Å². The van der Waals surface area contributed by atoms with Gasteiger partial charge in [0.1, 0.15) is 12.1 Å². The Kier molecular flexibility index (Phi) is 6.70. The van der Waals surface area contributed by atoms with Crippen molar-refractivity contribution in [2.45, 2.75) is 22.8 Å². The second kappa shape index (κ2) is 9.81. The van der Waals surface area contributed by atoms with Gasteiger partial charge in [0.15, 0.2) is 0 Å². The first-order valence-corrected chi connectivity index (χ1v) is 13.6. The molecule has 1 aliphatic carbocycles. The zero-order chi connectivity index (χ0) is 26.2. The molecule has 192 valence electrons. The van der Waals surface area contributed by atoms with Crippen LogP contribution in [0.15, 0.2) is 83.8 Å². The van der Waals surface area contributed by atoms with Gasteiger partial charge in [-0.2, -0.15) is 4.31 Å². The van der Waals surface area contributed by atoms with Gasteiger partial charge in [0, 0.05) is 24.0 Å². The average molecular weight is 541 g/mol. The van der Waals surface area contributed by atoms with E-state index in [1.54, 1.807) is 48.5 Å². The SMILES string of the molecule is O=C1OCCN1CCN([C@]1(C(=O)O)C[C@H]1c1ccccc1)S(=O)(=O)c1ccc(-c2ccc(Cl)cc2)cc1. The van der Waals surface area contributed by atoms with E-state index in [2.05, 4.69) is 0 Å². The van der Waals surface area contributed by atoms with Crippen LogP contribution in [0, 0.1) is 0 Å². The molecular weight excluding hydrogens is 516 g/mol. The molecule has 1 amide bonds. The number of sulfonamides is 1. The highest BCUT2D eigenvalue weighted by Gasteiger charge is 2.67. The molecule has 1 saturated heterocycles. The quantitative estimate of drug-likeness (QED) is 0.430. The molecule has 5 rings (SSSR count). The summed E-state index contributed by atoms with van der Waals surface area (Å²) in [6, 6.07) is 22.5. The third-order valence-corrected chi connectivity index (χ3v) is 9.20. The van der Waals surface area contributed by atoms with Crippen molar-refractivity contribution in [1.82, 2.24) is 9.21 Å². The molecule has 0 aromatic heterocycles. The number of nitrogens with zero attached hydrogens (tertiary/aromatic N) is 2. The third-order valence-electron chi connectivity index (χ3n) is 6.99. The Morgan fingerprint density at radius 1 is 1.03 bits per heavy atom. The second-order valence-electron chi connectivity index (χ2n) is 9.11.